The maximum absolute atomic E-state index is 14.4. The molecule has 0 saturated carbocycles. The van der Waals surface area contributed by atoms with Gasteiger partial charge in [-0.15, -0.1) is 0 Å². The Balaban J connectivity index is 1.48. The summed E-state index contributed by atoms with van der Waals surface area (Å²) in [4.78, 5) is 16.1. The number of pyridine rings is 1. The van der Waals surface area contributed by atoms with Gasteiger partial charge in [0.1, 0.15) is 23.4 Å². The van der Waals surface area contributed by atoms with Crippen LogP contribution in [0.5, 0.6) is 0 Å². The van der Waals surface area contributed by atoms with Crippen molar-refractivity contribution in [3.05, 3.63) is 83.7 Å². The summed E-state index contributed by atoms with van der Waals surface area (Å²) >= 11 is 0. The summed E-state index contributed by atoms with van der Waals surface area (Å²) in [6.07, 6.45) is -2.88. The molecule has 1 aliphatic rings. The van der Waals surface area contributed by atoms with E-state index in [-0.39, 0.29) is 30.0 Å². The molecule has 0 bridgehead atoms. The van der Waals surface area contributed by atoms with Gasteiger partial charge in [-0.05, 0) is 60.9 Å². The fourth-order valence-corrected chi connectivity index (χ4v) is 5.61. The largest absolute Gasteiger partial charge is 0.433 e. The lowest BCUT2D eigenvalue weighted by Gasteiger charge is -2.23. The van der Waals surface area contributed by atoms with E-state index in [1.54, 1.807) is 0 Å². The third-order valence-electron chi connectivity index (χ3n) is 5.81. The van der Waals surface area contributed by atoms with Gasteiger partial charge in [-0.1, -0.05) is 12.1 Å². The number of aromatic nitrogens is 1. The predicted molar refractivity (Wildman–Crippen MR) is 120 cm³/mol. The number of alkyl halides is 3. The van der Waals surface area contributed by atoms with Crippen molar-refractivity contribution < 1.29 is 35.2 Å². The molecule has 36 heavy (non-hydrogen) atoms. The Morgan fingerprint density at radius 1 is 1.03 bits per heavy atom. The Bertz CT molecular complexity index is 1360. The SMILES string of the molecule is O=C(NCc1cc(-c2ccc(C(F)(F)F)nc2)ccc1F)[C@@H]1CCCN1S(=O)(=O)c1ccc(F)cc1. The summed E-state index contributed by atoms with van der Waals surface area (Å²) in [5.41, 5.74) is -0.282. The number of nitrogens with one attached hydrogen (secondary N) is 1. The molecular formula is C24H20F5N3O3S. The van der Waals surface area contributed by atoms with E-state index in [0.29, 0.717) is 17.5 Å². The van der Waals surface area contributed by atoms with Crippen molar-refractivity contribution in [3.8, 4) is 11.1 Å². The van der Waals surface area contributed by atoms with Crippen LogP contribution in [-0.4, -0.2) is 36.2 Å². The maximum Gasteiger partial charge on any atom is 0.433 e. The van der Waals surface area contributed by atoms with Crippen LogP contribution in [0.25, 0.3) is 11.1 Å². The zero-order valence-corrected chi connectivity index (χ0v) is 19.4. The van der Waals surface area contributed by atoms with Gasteiger partial charge in [-0.3, -0.25) is 9.78 Å². The van der Waals surface area contributed by atoms with E-state index in [0.717, 1.165) is 46.9 Å². The fraction of sp³-hybridized carbons (Fsp3) is 0.250. The molecule has 2 heterocycles. The van der Waals surface area contributed by atoms with Gasteiger partial charge in [-0.25, -0.2) is 17.2 Å². The highest BCUT2D eigenvalue weighted by molar-refractivity contribution is 7.89. The van der Waals surface area contributed by atoms with E-state index in [1.165, 1.54) is 18.2 Å². The van der Waals surface area contributed by atoms with E-state index in [4.69, 9.17) is 0 Å². The van der Waals surface area contributed by atoms with Gasteiger partial charge in [-0.2, -0.15) is 17.5 Å². The summed E-state index contributed by atoms with van der Waals surface area (Å²) in [7, 11) is -4.05. The molecule has 1 aromatic heterocycles. The molecule has 4 rings (SSSR count). The lowest BCUT2D eigenvalue weighted by atomic mass is 10.0. The first-order valence-corrected chi connectivity index (χ1v) is 12.3. The Morgan fingerprint density at radius 2 is 1.72 bits per heavy atom. The molecule has 1 fully saturated rings. The van der Waals surface area contributed by atoms with Crippen molar-refractivity contribution in [2.24, 2.45) is 0 Å². The summed E-state index contributed by atoms with van der Waals surface area (Å²) in [5, 5.41) is 2.54. The quantitative estimate of drug-likeness (QED) is 0.481. The number of benzene rings is 2. The number of rotatable bonds is 6. The number of hydrogen-bond donors (Lipinski definition) is 1. The molecule has 1 amide bonds. The van der Waals surface area contributed by atoms with Crippen molar-refractivity contribution in [2.75, 3.05) is 6.54 Å². The van der Waals surface area contributed by atoms with Gasteiger partial charge in [0.05, 0.1) is 4.90 Å². The normalized spacial score (nSPS) is 16.8. The fourth-order valence-electron chi connectivity index (χ4n) is 3.95. The lowest BCUT2D eigenvalue weighted by molar-refractivity contribution is -0.141. The van der Waals surface area contributed by atoms with Crippen molar-refractivity contribution >= 4 is 15.9 Å². The number of sulfonamides is 1. The minimum atomic E-state index is -4.59. The van der Waals surface area contributed by atoms with Gasteiger partial charge in [0.2, 0.25) is 15.9 Å². The maximum atomic E-state index is 14.4. The van der Waals surface area contributed by atoms with E-state index >= 15 is 0 Å². The lowest BCUT2D eigenvalue weighted by Crippen LogP contribution is -2.45. The zero-order valence-electron chi connectivity index (χ0n) is 18.6. The predicted octanol–water partition coefficient (Wildman–Crippen LogP) is 4.52. The number of halogens is 5. The van der Waals surface area contributed by atoms with Crippen LogP contribution in [0, 0.1) is 11.6 Å². The Hall–Kier alpha value is -3.38. The van der Waals surface area contributed by atoms with Gasteiger partial charge in [0, 0.05) is 30.4 Å². The minimum Gasteiger partial charge on any atom is -0.351 e. The third-order valence-corrected chi connectivity index (χ3v) is 7.74. The number of carbonyl (C=O) groups is 1. The highest BCUT2D eigenvalue weighted by Gasteiger charge is 2.39. The van der Waals surface area contributed by atoms with Gasteiger partial charge < -0.3 is 5.32 Å². The molecule has 0 aliphatic carbocycles. The van der Waals surface area contributed by atoms with E-state index < -0.39 is 45.5 Å². The summed E-state index contributed by atoms with van der Waals surface area (Å²) in [5.74, 6) is -1.87. The average molecular weight is 525 g/mol. The van der Waals surface area contributed by atoms with Gasteiger partial charge in [0.15, 0.2) is 0 Å². The first kappa shape index (κ1) is 25.7. The molecule has 3 aromatic rings. The molecule has 1 atom stereocenters. The van der Waals surface area contributed by atoms with Crippen molar-refractivity contribution in [1.82, 2.24) is 14.6 Å². The van der Waals surface area contributed by atoms with Crippen LogP contribution in [0.1, 0.15) is 24.1 Å². The molecule has 0 unspecified atom stereocenters. The van der Waals surface area contributed by atoms with E-state index in [2.05, 4.69) is 10.3 Å². The van der Waals surface area contributed by atoms with Crippen molar-refractivity contribution in [3.63, 3.8) is 0 Å². The third kappa shape index (κ3) is 5.39. The zero-order chi connectivity index (χ0) is 26.1. The van der Waals surface area contributed by atoms with Crippen LogP contribution in [0.3, 0.4) is 0 Å². The Kier molecular flexibility index (Phi) is 7.10. The molecule has 1 aliphatic heterocycles. The van der Waals surface area contributed by atoms with E-state index in [1.807, 2.05) is 0 Å². The van der Waals surface area contributed by atoms with Crippen molar-refractivity contribution in [1.29, 1.82) is 0 Å². The molecule has 1 N–H and O–H groups in total. The number of nitrogens with zero attached hydrogens (tertiary/aromatic N) is 2. The topological polar surface area (TPSA) is 79.4 Å². The van der Waals surface area contributed by atoms with Crippen LogP contribution in [0.15, 0.2) is 65.7 Å². The summed E-state index contributed by atoms with van der Waals surface area (Å²) in [6.45, 7) is -0.171. The monoisotopic (exact) mass is 525 g/mol. The second kappa shape index (κ2) is 9.94. The van der Waals surface area contributed by atoms with Gasteiger partial charge >= 0.3 is 6.18 Å². The highest BCUT2D eigenvalue weighted by Crippen LogP contribution is 2.30. The molecule has 1 saturated heterocycles. The van der Waals surface area contributed by atoms with Crippen LogP contribution in [-0.2, 0) is 27.5 Å². The Morgan fingerprint density at radius 3 is 2.36 bits per heavy atom. The minimum absolute atomic E-state index is 0.0617. The van der Waals surface area contributed by atoms with Crippen LogP contribution in [0.4, 0.5) is 22.0 Å². The molecule has 2 aromatic carbocycles. The number of hydrogen-bond acceptors (Lipinski definition) is 4. The van der Waals surface area contributed by atoms with Crippen LogP contribution >= 0.6 is 0 Å². The van der Waals surface area contributed by atoms with Crippen molar-refractivity contribution in [2.45, 2.75) is 36.5 Å². The molecule has 12 heteroatoms. The molecule has 6 nitrogen and oxygen atoms in total. The van der Waals surface area contributed by atoms with Gasteiger partial charge in [0.25, 0.3) is 0 Å². The highest BCUT2D eigenvalue weighted by atomic mass is 32.2. The van der Waals surface area contributed by atoms with Crippen LogP contribution in [0.2, 0.25) is 0 Å². The summed E-state index contributed by atoms with van der Waals surface area (Å²) < 4.78 is 92.8. The summed E-state index contributed by atoms with van der Waals surface area (Å²) in [6, 6.07) is 9.14. The Labute approximate surface area is 203 Å². The van der Waals surface area contributed by atoms with Crippen LogP contribution < -0.4 is 5.32 Å². The molecule has 0 radical (unpaired) electrons. The smallest absolute Gasteiger partial charge is 0.351 e. The first-order chi connectivity index (χ1) is 17.0. The standard InChI is InChI=1S/C24H20F5N3O3S/c25-18-5-7-19(8-6-18)36(34,35)32-11-1-2-21(32)23(33)31-14-17-12-15(3-9-20(17)26)16-4-10-22(30-13-16)24(27,28)29/h3-10,12-13,21H,1-2,11,14H2,(H,31,33)/t21-/m0/s1. The first-order valence-electron chi connectivity index (χ1n) is 10.8. The molecular weight excluding hydrogens is 505 g/mol. The average Bonchev–Trinajstić information content (AvgIpc) is 3.34. The second-order valence-corrected chi connectivity index (χ2v) is 10.1. The number of amides is 1. The van der Waals surface area contributed by atoms with E-state index in [9.17, 15) is 35.2 Å². The number of carbonyl (C=O) groups excluding carboxylic acids is 1. The second-order valence-electron chi connectivity index (χ2n) is 8.18. The molecule has 0 spiro atoms. The molecule has 190 valence electrons.